The van der Waals surface area contributed by atoms with E-state index >= 15 is 0 Å². The van der Waals surface area contributed by atoms with E-state index in [9.17, 15) is 0 Å². The van der Waals surface area contributed by atoms with Crippen molar-refractivity contribution in [3.05, 3.63) is 54.9 Å². The van der Waals surface area contributed by atoms with Crippen molar-refractivity contribution in [1.29, 1.82) is 0 Å². The molecule has 8 heteroatoms. The van der Waals surface area contributed by atoms with E-state index in [-0.39, 0.29) is 5.41 Å². The van der Waals surface area contributed by atoms with E-state index in [0.717, 1.165) is 13.4 Å². The molecule has 2 aliphatic carbocycles. The molecular formula is C18H14Br8. The average molecular weight is 870 g/mol. The van der Waals surface area contributed by atoms with Gasteiger partial charge in [0.05, 0.1) is 4.32 Å². The molecule has 1 aromatic carbocycles. The molecule has 142 valence electrons. The average Bonchev–Trinajstić information content (AvgIpc) is 2.67. The molecule has 3 rings (SSSR count). The van der Waals surface area contributed by atoms with Crippen molar-refractivity contribution in [2.45, 2.75) is 37.0 Å². The smallest absolute Gasteiger partial charge is 0.0764 e. The minimum absolute atomic E-state index is 0.251. The zero-order valence-corrected chi connectivity index (χ0v) is 26.6. The Kier molecular flexibility index (Phi) is 6.27. The quantitative estimate of drug-likeness (QED) is 0.247. The summed E-state index contributed by atoms with van der Waals surface area (Å²) in [7, 11) is 0. The number of alkyl halides is 5. The molecule has 0 aliphatic heterocycles. The van der Waals surface area contributed by atoms with Crippen LogP contribution in [0, 0.1) is 5.41 Å². The van der Waals surface area contributed by atoms with Crippen molar-refractivity contribution in [3.63, 3.8) is 0 Å². The Hall–Kier alpha value is 2.54. The van der Waals surface area contributed by atoms with Crippen molar-refractivity contribution < 1.29 is 0 Å². The van der Waals surface area contributed by atoms with Crippen LogP contribution in [-0.4, -0.2) is 10.8 Å². The highest BCUT2D eigenvalue weighted by Crippen LogP contribution is 2.81. The summed E-state index contributed by atoms with van der Waals surface area (Å²) in [6.07, 6.45) is 0. The Bertz CT molecular complexity index is 836. The lowest BCUT2D eigenvalue weighted by Crippen LogP contribution is -2.58. The van der Waals surface area contributed by atoms with E-state index in [0.29, 0.717) is 0 Å². The fraction of sp³-hybridized carbons (Fsp3) is 0.444. The number of allylic oxidation sites excluding steroid dienone is 4. The molecule has 0 spiro atoms. The Morgan fingerprint density at radius 3 is 1.73 bits per heavy atom. The fourth-order valence-electron chi connectivity index (χ4n) is 4.22. The normalized spacial score (nSPS) is 34.9. The zero-order valence-electron chi connectivity index (χ0n) is 13.9. The van der Waals surface area contributed by atoms with Crippen LogP contribution in [0.3, 0.4) is 0 Å². The predicted octanol–water partition coefficient (Wildman–Crippen LogP) is 9.75. The van der Waals surface area contributed by atoms with Gasteiger partial charge >= 0.3 is 0 Å². The van der Waals surface area contributed by atoms with E-state index < -0.39 is 16.2 Å². The van der Waals surface area contributed by atoms with Crippen molar-refractivity contribution in [1.82, 2.24) is 0 Å². The number of benzene rings is 1. The second kappa shape index (κ2) is 7.03. The molecule has 0 N–H and O–H groups in total. The number of halogens is 8. The van der Waals surface area contributed by atoms with Gasteiger partial charge in [-0.25, -0.2) is 0 Å². The summed E-state index contributed by atoms with van der Waals surface area (Å²) in [5, 5.41) is 0. The third-order valence-electron chi connectivity index (χ3n) is 5.74. The molecule has 0 bridgehead atoms. The van der Waals surface area contributed by atoms with Crippen LogP contribution in [0.15, 0.2) is 49.4 Å². The summed E-state index contributed by atoms with van der Waals surface area (Å²) in [5.41, 5.74) is 1.82. The fourth-order valence-corrected chi connectivity index (χ4v) is 12.5. The van der Waals surface area contributed by atoms with Gasteiger partial charge in [-0.2, -0.15) is 0 Å². The van der Waals surface area contributed by atoms with E-state index in [1.165, 1.54) is 11.1 Å². The molecule has 0 saturated heterocycles. The van der Waals surface area contributed by atoms with E-state index in [2.05, 4.69) is 172 Å². The first-order valence-electron chi connectivity index (χ1n) is 7.67. The molecule has 0 radical (unpaired) electrons. The maximum absolute atomic E-state index is 4.24. The predicted molar refractivity (Wildman–Crippen MR) is 141 cm³/mol. The second-order valence-electron chi connectivity index (χ2n) is 7.24. The maximum atomic E-state index is 4.24. The highest BCUT2D eigenvalue weighted by atomic mass is 79.9. The van der Waals surface area contributed by atoms with Crippen LogP contribution < -0.4 is 0 Å². The summed E-state index contributed by atoms with van der Waals surface area (Å²) < 4.78 is 1.48. The van der Waals surface area contributed by atoms with Gasteiger partial charge in [-0.05, 0) is 43.0 Å². The van der Waals surface area contributed by atoms with Crippen molar-refractivity contribution in [2.75, 3.05) is 0 Å². The third-order valence-corrected chi connectivity index (χ3v) is 18.8. The van der Waals surface area contributed by atoms with E-state index in [1.54, 1.807) is 0 Å². The molecule has 0 unspecified atom stereocenters. The topological polar surface area (TPSA) is 0 Å². The molecule has 26 heavy (non-hydrogen) atoms. The molecule has 1 aromatic rings. The summed E-state index contributed by atoms with van der Waals surface area (Å²) in [6, 6.07) is 10.6. The summed E-state index contributed by atoms with van der Waals surface area (Å²) in [5.74, 6) is 0. The lowest BCUT2D eigenvalue weighted by atomic mass is 9.70. The summed E-state index contributed by atoms with van der Waals surface area (Å²) >= 11 is 31.9. The van der Waals surface area contributed by atoms with Crippen LogP contribution in [0.5, 0.6) is 0 Å². The van der Waals surface area contributed by atoms with Crippen molar-refractivity contribution >= 4 is 127 Å². The molecule has 2 aliphatic rings. The largest absolute Gasteiger partial charge is 0.133 e. The number of rotatable bonds is 1. The summed E-state index contributed by atoms with van der Waals surface area (Å²) in [6.45, 7) is 6.80. The van der Waals surface area contributed by atoms with Gasteiger partial charge < -0.3 is 0 Å². The molecule has 0 nitrogen and oxygen atoms in total. The van der Waals surface area contributed by atoms with Gasteiger partial charge in [-0.3, -0.25) is 0 Å². The molecule has 0 amide bonds. The van der Waals surface area contributed by atoms with Gasteiger partial charge in [0.25, 0.3) is 0 Å². The number of hydrogen-bond acceptors (Lipinski definition) is 0. The first-order valence-corrected chi connectivity index (χ1v) is 14.0. The highest BCUT2D eigenvalue weighted by Gasteiger charge is 2.80. The Labute approximate surface area is 221 Å². The second-order valence-corrected chi connectivity index (χ2v) is 17.7. The standard InChI is InChI=1S/C18H14Br8/c1-14(2)12-10(19)11(20)13(21)17(23,24)16(12,22)15(3,18(14,25)26)9-7-5-4-6-8-9/h4-8H,1-3H3/t15-,16+/m0/s1. The van der Waals surface area contributed by atoms with E-state index in [4.69, 9.17) is 0 Å². The lowest BCUT2D eigenvalue weighted by Gasteiger charge is -2.52. The monoisotopic (exact) mass is 861 g/mol. The van der Waals surface area contributed by atoms with Crippen LogP contribution in [0.25, 0.3) is 0 Å². The van der Waals surface area contributed by atoms with Gasteiger partial charge in [0, 0.05) is 24.3 Å². The van der Waals surface area contributed by atoms with Crippen LogP contribution in [0.2, 0.25) is 0 Å². The minimum atomic E-state index is -0.580. The van der Waals surface area contributed by atoms with Gasteiger partial charge in [-0.15, -0.1) is 0 Å². The molecule has 2 atom stereocenters. The van der Waals surface area contributed by atoms with Crippen LogP contribution in [-0.2, 0) is 5.41 Å². The zero-order chi connectivity index (χ0) is 19.9. The highest BCUT2D eigenvalue weighted by molar-refractivity contribution is 9.27. The van der Waals surface area contributed by atoms with Crippen molar-refractivity contribution in [2.24, 2.45) is 5.41 Å². The lowest BCUT2D eigenvalue weighted by molar-refractivity contribution is 0.355. The van der Waals surface area contributed by atoms with Gasteiger partial charge in [0.2, 0.25) is 0 Å². The van der Waals surface area contributed by atoms with Gasteiger partial charge in [0.15, 0.2) is 0 Å². The Morgan fingerprint density at radius 1 is 0.731 bits per heavy atom. The molecule has 1 saturated carbocycles. The van der Waals surface area contributed by atoms with Crippen LogP contribution in [0.4, 0.5) is 0 Å². The maximum Gasteiger partial charge on any atom is 0.133 e. The first-order chi connectivity index (χ1) is 11.7. The van der Waals surface area contributed by atoms with Crippen LogP contribution in [0.1, 0.15) is 26.3 Å². The molecule has 1 fully saturated rings. The van der Waals surface area contributed by atoms with Crippen molar-refractivity contribution in [3.8, 4) is 0 Å². The molecule has 0 heterocycles. The Balaban J connectivity index is 2.54. The summed E-state index contributed by atoms with van der Waals surface area (Å²) in [4.78, 5) is 0. The van der Waals surface area contributed by atoms with Crippen LogP contribution >= 0.6 is 127 Å². The first kappa shape index (κ1) is 23.2. The molecule has 0 aromatic heterocycles. The molecular weight excluding hydrogens is 855 g/mol. The van der Waals surface area contributed by atoms with E-state index in [1.807, 2.05) is 6.07 Å². The van der Waals surface area contributed by atoms with Gasteiger partial charge in [0.1, 0.15) is 6.47 Å². The Morgan fingerprint density at radius 2 is 1.23 bits per heavy atom. The SMILES string of the molecule is CC1(C)C2=C(Br)C(Br)=C(Br)C(Br)(Br)[C@]2(Br)[C@](C)(c2ccccc2)C1(Br)Br. The minimum Gasteiger partial charge on any atom is -0.0764 e. The van der Waals surface area contributed by atoms with Gasteiger partial charge in [-0.1, -0.05) is 147 Å². The number of fused-ring (bicyclic) bond motifs is 1. The number of hydrogen-bond donors (Lipinski definition) is 0. The third kappa shape index (κ3) is 2.54.